The second-order valence-corrected chi connectivity index (χ2v) is 2.54. The molecule has 0 aliphatic rings. The zero-order valence-electron chi connectivity index (χ0n) is 6.72. The first-order valence-electron chi connectivity index (χ1n) is 3.36. The van der Waals surface area contributed by atoms with E-state index in [9.17, 15) is 30.7 Å². The molecule has 0 aromatic heterocycles. The molecule has 0 aliphatic heterocycles. The molecular weight excluding hydrogens is 228 g/mol. The lowest BCUT2D eigenvalue weighted by atomic mass is 9.92. The summed E-state index contributed by atoms with van der Waals surface area (Å²) >= 11 is 0. The number of hydrogen-bond donors (Lipinski definition) is 0. The normalized spacial score (nSPS) is 11.9. The summed E-state index contributed by atoms with van der Waals surface area (Å²) in [6.07, 6.45) is -5.54. The number of alkyl halides is 3. The summed E-state index contributed by atoms with van der Waals surface area (Å²) in [5.74, 6) is -9.64. The van der Waals surface area contributed by atoms with Gasteiger partial charge in [-0.25, -0.2) is 17.6 Å². The predicted octanol–water partition coefficient (Wildman–Crippen LogP) is 2.06. The zero-order chi connectivity index (χ0) is 12.0. The summed E-state index contributed by atoms with van der Waals surface area (Å²) in [6, 6.07) is 0. The topological polar surface area (TPSA) is 0 Å². The van der Waals surface area contributed by atoms with Crippen LogP contribution in [0.1, 0.15) is 5.56 Å². The minimum absolute atomic E-state index is 1.63. The minimum Gasteiger partial charge on any atom is -0.204 e. The number of hydrogen-bond acceptors (Lipinski definition) is 0. The predicted molar refractivity (Wildman–Crippen MR) is 36.7 cm³/mol. The molecule has 0 heterocycles. The molecule has 0 aliphatic carbocycles. The highest BCUT2D eigenvalue weighted by atomic mass is 19.4. The maximum Gasteiger partial charge on any atom is 0.422 e. The first-order chi connectivity index (χ1) is 6.68. The molecule has 0 saturated carbocycles. The van der Waals surface area contributed by atoms with Gasteiger partial charge in [-0.15, -0.1) is 0 Å². The van der Waals surface area contributed by atoms with Crippen molar-refractivity contribution in [3.8, 4) is 0 Å². The van der Waals surface area contributed by atoms with Crippen molar-refractivity contribution in [2.75, 3.05) is 0 Å². The van der Waals surface area contributed by atoms with Gasteiger partial charge in [-0.1, -0.05) is 0 Å². The van der Waals surface area contributed by atoms with E-state index in [2.05, 4.69) is 7.85 Å². The molecule has 0 N–H and O–H groups in total. The van der Waals surface area contributed by atoms with Gasteiger partial charge < -0.3 is 0 Å². The summed E-state index contributed by atoms with van der Waals surface area (Å²) < 4.78 is 86.2. The Balaban J connectivity index is 3.68. The van der Waals surface area contributed by atoms with Crippen LogP contribution in [0.3, 0.4) is 0 Å². The second kappa shape index (κ2) is 3.43. The van der Waals surface area contributed by atoms with Crippen molar-refractivity contribution in [2.45, 2.75) is 6.18 Å². The van der Waals surface area contributed by atoms with Crippen LogP contribution in [-0.2, 0) is 6.18 Å². The van der Waals surface area contributed by atoms with Gasteiger partial charge in [-0.05, 0) is 5.46 Å². The van der Waals surface area contributed by atoms with E-state index in [4.69, 9.17) is 0 Å². The highest BCUT2D eigenvalue weighted by molar-refractivity contribution is 6.32. The number of benzene rings is 1. The van der Waals surface area contributed by atoms with Crippen LogP contribution in [0.25, 0.3) is 0 Å². The third kappa shape index (κ3) is 1.80. The third-order valence-electron chi connectivity index (χ3n) is 1.58. The van der Waals surface area contributed by atoms with E-state index in [1.807, 2.05) is 0 Å². The van der Waals surface area contributed by atoms with Crippen molar-refractivity contribution in [2.24, 2.45) is 0 Å². The lowest BCUT2D eigenvalue weighted by Gasteiger charge is -2.12. The van der Waals surface area contributed by atoms with Crippen molar-refractivity contribution in [1.29, 1.82) is 0 Å². The van der Waals surface area contributed by atoms with E-state index in [1.165, 1.54) is 0 Å². The Morgan fingerprint density at radius 3 is 1.33 bits per heavy atom. The first-order valence-corrected chi connectivity index (χ1v) is 3.36. The van der Waals surface area contributed by atoms with Gasteiger partial charge in [0.1, 0.15) is 13.4 Å². The molecule has 1 aromatic carbocycles. The molecule has 8 heteroatoms. The smallest absolute Gasteiger partial charge is 0.204 e. The van der Waals surface area contributed by atoms with Crippen LogP contribution in [0.5, 0.6) is 0 Å². The van der Waals surface area contributed by atoms with Gasteiger partial charge in [0.25, 0.3) is 0 Å². The molecule has 0 unspecified atom stereocenters. The quantitative estimate of drug-likeness (QED) is 0.362. The average Bonchev–Trinajstić information content (AvgIpc) is 2.09. The lowest BCUT2D eigenvalue weighted by Crippen LogP contribution is -2.24. The molecule has 1 aromatic rings. The molecule has 0 saturated heterocycles. The number of rotatable bonds is 0. The summed E-state index contributed by atoms with van der Waals surface area (Å²) in [7, 11) is 4.50. The first kappa shape index (κ1) is 11.9. The fourth-order valence-electron chi connectivity index (χ4n) is 0.898. The van der Waals surface area contributed by atoms with Crippen molar-refractivity contribution in [3.05, 3.63) is 28.8 Å². The molecule has 1 rings (SSSR count). The standard InChI is InChI=1S/C7BF7/c8-2-5(11)3(9)1(7(13,14)15)4(10)6(2)12. The fraction of sp³-hybridized carbons (Fsp3) is 0.143. The highest BCUT2D eigenvalue weighted by Crippen LogP contribution is 2.34. The Labute approximate surface area is 80.1 Å². The van der Waals surface area contributed by atoms with Gasteiger partial charge >= 0.3 is 6.18 Å². The molecule has 2 radical (unpaired) electrons. The van der Waals surface area contributed by atoms with Crippen LogP contribution in [0, 0.1) is 23.3 Å². The largest absolute Gasteiger partial charge is 0.422 e. The highest BCUT2D eigenvalue weighted by Gasteiger charge is 2.41. The van der Waals surface area contributed by atoms with Gasteiger partial charge in [-0.3, -0.25) is 0 Å². The zero-order valence-corrected chi connectivity index (χ0v) is 6.72. The average molecular weight is 228 g/mol. The Morgan fingerprint density at radius 1 is 0.733 bits per heavy atom. The van der Waals surface area contributed by atoms with Crippen molar-refractivity contribution < 1.29 is 30.7 Å². The van der Waals surface area contributed by atoms with Crippen LogP contribution in [0.4, 0.5) is 30.7 Å². The summed E-state index contributed by atoms with van der Waals surface area (Å²) in [6.45, 7) is 0. The SMILES string of the molecule is [B]c1c(F)c(F)c(C(F)(F)F)c(F)c1F. The maximum atomic E-state index is 12.6. The van der Waals surface area contributed by atoms with Gasteiger partial charge in [-0.2, -0.15) is 13.2 Å². The molecule has 0 amide bonds. The molecule has 80 valence electrons. The molecule has 0 bridgehead atoms. The van der Waals surface area contributed by atoms with Gasteiger partial charge in [0.05, 0.1) is 0 Å². The summed E-state index contributed by atoms with van der Waals surface area (Å²) in [4.78, 5) is 0. The van der Waals surface area contributed by atoms with E-state index in [-0.39, 0.29) is 0 Å². The molecule has 0 nitrogen and oxygen atoms in total. The van der Waals surface area contributed by atoms with E-state index in [0.717, 1.165) is 0 Å². The molecule has 0 atom stereocenters. The molecule has 0 fully saturated rings. The van der Waals surface area contributed by atoms with E-state index >= 15 is 0 Å². The lowest BCUT2D eigenvalue weighted by molar-refractivity contribution is -0.143. The van der Waals surface area contributed by atoms with E-state index < -0.39 is 40.5 Å². The molecule has 0 spiro atoms. The van der Waals surface area contributed by atoms with Crippen LogP contribution in [0.2, 0.25) is 0 Å². The number of halogens is 7. The fourth-order valence-corrected chi connectivity index (χ4v) is 0.898. The van der Waals surface area contributed by atoms with Crippen molar-refractivity contribution >= 4 is 13.3 Å². The van der Waals surface area contributed by atoms with Crippen molar-refractivity contribution in [3.63, 3.8) is 0 Å². The monoisotopic (exact) mass is 228 g/mol. The Hall–Kier alpha value is -1.21. The van der Waals surface area contributed by atoms with Gasteiger partial charge in [0, 0.05) is 0 Å². The second-order valence-electron chi connectivity index (χ2n) is 2.54. The van der Waals surface area contributed by atoms with Crippen LogP contribution in [-0.4, -0.2) is 7.85 Å². The summed E-state index contributed by atoms with van der Waals surface area (Å²) in [5.41, 5.74) is -4.26. The van der Waals surface area contributed by atoms with Crippen LogP contribution in [0.15, 0.2) is 0 Å². The van der Waals surface area contributed by atoms with Gasteiger partial charge in [0.2, 0.25) is 0 Å². The van der Waals surface area contributed by atoms with E-state index in [1.54, 1.807) is 0 Å². The maximum absolute atomic E-state index is 12.6. The third-order valence-corrected chi connectivity index (χ3v) is 1.58. The van der Waals surface area contributed by atoms with Crippen LogP contribution >= 0.6 is 0 Å². The Kier molecular flexibility index (Phi) is 2.71. The minimum atomic E-state index is -5.54. The van der Waals surface area contributed by atoms with Crippen molar-refractivity contribution in [1.82, 2.24) is 0 Å². The molecular formula is C7BF7. The summed E-state index contributed by atoms with van der Waals surface area (Å²) in [5, 5.41) is 0. The van der Waals surface area contributed by atoms with Crippen LogP contribution < -0.4 is 5.46 Å². The Morgan fingerprint density at radius 2 is 1.07 bits per heavy atom. The van der Waals surface area contributed by atoms with E-state index in [0.29, 0.717) is 0 Å². The molecule has 15 heavy (non-hydrogen) atoms. The van der Waals surface area contributed by atoms with Gasteiger partial charge in [0.15, 0.2) is 23.3 Å². The Bertz CT molecular complexity index is 380.